The molecular formula is C10H18N2O2. The van der Waals surface area contributed by atoms with Gasteiger partial charge in [0.2, 0.25) is 0 Å². The van der Waals surface area contributed by atoms with E-state index in [4.69, 9.17) is 5.11 Å². The van der Waals surface area contributed by atoms with E-state index in [-0.39, 0.29) is 5.92 Å². The highest BCUT2D eigenvalue weighted by molar-refractivity contribution is 5.70. The molecule has 0 aromatic rings. The van der Waals surface area contributed by atoms with E-state index in [1.54, 1.807) is 0 Å². The Bertz CT molecular complexity index is 228. The molecule has 0 radical (unpaired) electrons. The molecule has 1 saturated heterocycles. The average molecular weight is 198 g/mol. The van der Waals surface area contributed by atoms with E-state index in [1.807, 2.05) is 7.05 Å². The van der Waals surface area contributed by atoms with Crippen molar-refractivity contribution in [3.05, 3.63) is 0 Å². The maximum absolute atomic E-state index is 10.9. The van der Waals surface area contributed by atoms with Gasteiger partial charge in [0.15, 0.2) is 0 Å². The van der Waals surface area contributed by atoms with Crippen molar-refractivity contribution in [2.75, 3.05) is 20.1 Å². The molecule has 2 rings (SSSR count). The van der Waals surface area contributed by atoms with Crippen molar-refractivity contribution < 1.29 is 9.90 Å². The predicted molar refractivity (Wildman–Crippen MR) is 53.2 cm³/mol. The highest BCUT2D eigenvalue weighted by Gasteiger charge is 2.37. The molecule has 0 aromatic carbocycles. The third kappa shape index (κ3) is 2.07. The maximum atomic E-state index is 10.9. The number of carboxylic acid groups (broad SMARTS) is 1. The van der Waals surface area contributed by atoms with E-state index in [2.05, 4.69) is 10.2 Å². The van der Waals surface area contributed by atoms with Crippen LogP contribution in [0.1, 0.15) is 19.3 Å². The van der Waals surface area contributed by atoms with Gasteiger partial charge in [-0.15, -0.1) is 0 Å². The zero-order chi connectivity index (χ0) is 10.1. The number of likely N-dealkylation sites (N-methyl/N-ethyl adjacent to an activating group) is 1. The Morgan fingerprint density at radius 2 is 2.14 bits per heavy atom. The lowest BCUT2D eigenvalue weighted by atomic mass is 9.94. The highest BCUT2D eigenvalue weighted by atomic mass is 16.4. The Morgan fingerprint density at radius 3 is 2.64 bits per heavy atom. The van der Waals surface area contributed by atoms with Gasteiger partial charge in [-0.05, 0) is 26.3 Å². The molecule has 2 fully saturated rings. The number of carboxylic acids is 1. The van der Waals surface area contributed by atoms with Crippen molar-refractivity contribution >= 4 is 5.97 Å². The van der Waals surface area contributed by atoms with Crippen LogP contribution >= 0.6 is 0 Å². The maximum Gasteiger partial charge on any atom is 0.307 e. The number of piperidine rings is 1. The van der Waals surface area contributed by atoms with Crippen molar-refractivity contribution in [3.63, 3.8) is 0 Å². The predicted octanol–water partition coefficient (Wildman–Crippen LogP) is 0.143. The summed E-state index contributed by atoms with van der Waals surface area (Å²) in [5, 5.41) is 12.2. The average Bonchev–Trinajstić information content (AvgIpc) is 3.00. The first-order valence-corrected chi connectivity index (χ1v) is 5.35. The van der Waals surface area contributed by atoms with Crippen LogP contribution in [0.3, 0.4) is 0 Å². The molecule has 0 aromatic heterocycles. The van der Waals surface area contributed by atoms with Crippen LogP contribution in [0.25, 0.3) is 0 Å². The topological polar surface area (TPSA) is 52.6 Å². The van der Waals surface area contributed by atoms with Crippen LogP contribution in [0, 0.1) is 5.92 Å². The number of hydrogen-bond donors (Lipinski definition) is 2. The molecule has 2 atom stereocenters. The largest absolute Gasteiger partial charge is 0.481 e. The summed E-state index contributed by atoms with van der Waals surface area (Å²) in [7, 11) is 1.92. The molecule has 0 spiro atoms. The number of rotatable bonds is 3. The number of nitrogens with zero attached hydrogens (tertiary/aromatic N) is 1. The fourth-order valence-electron chi connectivity index (χ4n) is 2.26. The van der Waals surface area contributed by atoms with Crippen molar-refractivity contribution in [3.8, 4) is 0 Å². The molecule has 1 aliphatic carbocycles. The summed E-state index contributed by atoms with van der Waals surface area (Å²) >= 11 is 0. The minimum absolute atomic E-state index is 0.179. The number of likely N-dealkylation sites (tertiary alicyclic amines) is 1. The van der Waals surface area contributed by atoms with Crippen molar-refractivity contribution in [2.45, 2.75) is 31.3 Å². The summed E-state index contributed by atoms with van der Waals surface area (Å²) in [6.45, 7) is 1.77. The first-order valence-electron chi connectivity index (χ1n) is 5.35. The second-order valence-electron chi connectivity index (χ2n) is 4.44. The molecule has 1 heterocycles. The summed E-state index contributed by atoms with van der Waals surface area (Å²) in [5.74, 6) is -0.822. The Kier molecular flexibility index (Phi) is 2.74. The summed E-state index contributed by atoms with van der Waals surface area (Å²) in [4.78, 5) is 13.3. The zero-order valence-corrected chi connectivity index (χ0v) is 8.57. The van der Waals surface area contributed by atoms with Gasteiger partial charge in [-0.2, -0.15) is 0 Å². The van der Waals surface area contributed by atoms with E-state index in [1.165, 1.54) is 12.8 Å². The van der Waals surface area contributed by atoms with Gasteiger partial charge in [-0.1, -0.05) is 0 Å². The lowest BCUT2D eigenvalue weighted by Gasteiger charge is -2.36. The Labute approximate surface area is 84.3 Å². The Hall–Kier alpha value is -0.610. The number of hydrogen-bond acceptors (Lipinski definition) is 3. The quantitative estimate of drug-likeness (QED) is 0.677. The first-order chi connectivity index (χ1) is 6.70. The van der Waals surface area contributed by atoms with Gasteiger partial charge in [-0.25, -0.2) is 0 Å². The number of nitrogens with one attached hydrogen (secondary N) is 1. The minimum Gasteiger partial charge on any atom is -0.481 e. The van der Waals surface area contributed by atoms with E-state index in [0.717, 1.165) is 19.5 Å². The fraction of sp³-hybridized carbons (Fsp3) is 0.900. The van der Waals surface area contributed by atoms with Gasteiger partial charge in [0.25, 0.3) is 0 Å². The summed E-state index contributed by atoms with van der Waals surface area (Å²) < 4.78 is 0. The second-order valence-corrected chi connectivity index (χ2v) is 4.44. The van der Waals surface area contributed by atoms with Crippen molar-refractivity contribution in [1.82, 2.24) is 10.2 Å². The van der Waals surface area contributed by atoms with Crippen LogP contribution in [0.2, 0.25) is 0 Å². The summed E-state index contributed by atoms with van der Waals surface area (Å²) in [6.07, 6.45) is 3.28. The molecule has 2 unspecified atom stereocenters. The van der Waals surface area contributed by atoms with Crippen LogP contribution in [0.5, 0.6) is 0 Å². The lowest BCUT2D eigenvalue weighted by Crippen LogP contribution is -2.50. The van der Waals surface area contributed by atoms with Gasteiger partial charge >= 0.3 is 5.97 Å². The van der Waals surface area contributed by atoms with Crippen LogP contribution < -0.4 is 5.32 Å². The molecule has 1 saturated carbocycles. The highest BCUT2D eigenvalue weighted by Crippen LogP contribution is 2.31. The molecule has 1 aliphatic heterocycles. The van der Waals surface area contributed by atoms with E-state index >= 15 is 0 Å². The van der Waals surface area contributed by atoms with E-state index < -0.39 is 5.97 Å². The van der Waals surface area contributed by atoms with Gasteiger partial charge in [-0.3, -0.25) is 9.69 Å². The van der Waals surface area contributed by atoms with Crippen molar-refractivity contribution in [2.24, 2.45) is 5.92 Å². The standard InChI is InChI=1S/C10H18N2O2/c1-11-8-4-7(10(13)14)5-12(6-8)9-2-3-9/h7-9,11H,2-6H2,1H3,(H,13,14). The Morgan fingerprint density at radius 1 is 1.43 bits per heavy atom. The number of aliphatic carboxylic acids is 1. The van der Waals surface area contributed by atoms with Crippen LogP contribution in [0.4, 0.5) is 0 Å². The SMILES string of the molecule is CNC1CC(C(=O)O)CN(C2CC2)C1. The molecule has 80 valence electrons. The first kappa shape index (κ1) is 9.93. The van der Waals surface area contributed by atoms with E-state index in [0.29, 0.717) is 12.1 Å². The fourth-order valence-corrected chi connectivity index (χ4v) is 2.26. The lowest BCUT2D eigenvalue weighted by molar-refractivity contribution is -0.144. The summed E-state index contributed by atoms with van der Waals surface area (Å²) in [6, 6.07) is 1.03. The molecule has 14 heavy (non-hydrogen) atoms. The molecule has 0 bridgehead atoms. The summed E-state index contributed by atoms with van der Waals surface area (Å²) in [5.41, 5.74) is 0. The van der Waals surface area contributed by atoms with Gasteiger partial charge < -0.3 is 10.4 Å². The third-order valence-corrected chi connectivity index (χ3v) is 3.30. The zero-order valence-electron chi connectivity index (χ0n) is 8.57. The van der Waals surface area contributed by atoms with Gasteiger partial charge in [0, 0.05) is 25.2 Å². The van der Waals surface area contributed by atoms with Gasteiger partial charge in [0.05, 0.1) is 5.92 Å². The van der Waals surface area contributed by atoms with E-state index in [9.17, 15) is 4.79 Å². The molecule has 4 heteroatoms. The van der Waals surface area contributed by atoms with Crippen LogP contribution in [0.15, 0.2) is 0 Å². The molecule has 2 N–H and O–H groups in total. The molecule has 4 nitrogen and oxygen atoms in total. The third-order valence-electron chi connectivity index (χ3n) is 3.30. The van der Waals surface area contributed by atoms with Crippen LogP contribution in [-0.2, 0) is 4.79 Å². The number of carbonyl (C=O) groups is 1. The second kappa shape index (κ2) is 3.87. The van der Waals surface area contributed by atoms with Crippen molar-refractivity contribution in [1.29, 1.82) is 0 Å². The molecular weight excluding hydrogens is 180 g/mol. The normalized spacial score (nSPS) is 34.4. The van der Waals surface area contributed by atoms with Crippen LogP contribution in [-0.4, -0.2) is 48.2 Å². The minimum atomic E-state index is -0.643. The molecule has 2 aliphatic rings. The Balaban J connectivity index is 1.96. The monoisotopic (exact) mass is 198 g/mol. The van der Waals surface area contributed by atoms with Gasteiger partial charge in [0.1, 0.15) is 0 Å². The molecule has 0 amide bonds. The smallest absolute Gasteiger partial charge is 0.307 e.